The molecule has 34 heavy (non-hydrogen) atoms. The lowest BCUT2D eigenvalue weighted by molar-refractivity contribution is 0.410. The summed E-state index contributed by atoms with van der Waals surface area (Å²) in [7, 11) is -13.3. The van der Waals surface area contributed by atoms with Gasteiger partial charge in [0, 0.05) is 15.7 Å². The van der Waals surface area contributed by atoms with E-state index >= 15 is 0 Å². The largest absolute Gasteiger partial charge is 0.747 e. The lowest BCUT2D eigenvalue weighted by Crippen LogP contribution is -2.04. The van der Waals surface area contributed by atoms with E-state index in [9.17, 15) is 40.7 Å². The first-order valence-electron chi connectivity index (χ1n) is 8.42. The van der Waals surface area contributed by atoms with E-state index in [1.54, 1.807) is 0 Å². The highest BCUT2D eigenvalue weighted by atomic mass is 35.5. The fourth-order valence-electron chi connectivity index (χ4n) is 2.83. The zero-order valence-corrected chi connectivity index (χ0v) is 19.5. The number of fused-ring (bicyclic) bond motifs is 1. The molecule has 3 aromatic carbocycles. The molecule has 0 aliphatic carbocycles. The van der Waals surface area contributed by atoms with Crippen molar-refractivity contribution >= 4 is 67.9 Å². The summed E-state index contributed by atoms with van der Waals surface area (Å²) in [5, 5.41) is 27.2. The van der Waals surface area contributed by atoms with Crippen molar-refractivity contribution in [2.45, 2.75) is 9.79 Å². The van der Waals surface area contributed by atoms with E-state index in [1.807, 2.05) is 0 Å². The van der Waals surface area contributed by atoms with Gasteiger partial charge >= 0.3 is 8.25 Å². The fourth-order valence-corrected chi connectivity index (χ4v) is 4.61. The number of phenolic OH excluding ortho intramolecular Hbond substituents is 2. The number of benzene rings is 3. The Morgan fingerprint density at radius 2 is 1.53 bits per heavy atom. The van der Waals surface area contributed by atoms with Gasteiger partial charge in [-0.25, -0.2) is 4.52 Å². The number of anilines is 1. The zero-order valence-electron chi connectivity index (χ0n) is 16.2. The monoisotopic (exact) mass is 552 g/mol. The minimum atomic E-state index is -5.14. The summed E-state index contributed by atoms with van der Waals surface area (Å²) < 4.78 is 81.4. The topological polar surface area (TPSA) is 246 Å². The third-order valence-electron chi connectivity index (χ3n) is 4.23. The zero-order chi connectivity index (χ0) is 25.6. The Labute approximate surface area is 196 Å². The lowest BCUT2D eigenvalue weighted by Gasteiger charge is -2.13. The molecule has 1 atom stereocenters. The highest BCUT2D eigenvalue weighted by molar-refractivity contribution is 7.86. The SMILES string of the molecule is Nc1c(S(=O)(=O)O)cc2cc(S(=O)(=O)O)c(N=Nc3ccc(Cl)cc3O[P+](=O)O)c(O)c2c1O. The van der Waals surface area contributed by atoms with E-state index < -0.39 is 71.9 Å². The summed E-state index contributed by atoms with van der Waals surface area (Å²) in [6, 6.07) is 4.82. The van der Waals surface area contributed by atoms with Crippen molar-refractivity contribution in [1.29, 1.82) is 0 Å². The maximum Gasteiger partial charge on any atom is 0.747 e. The molecule has 0 amide bonds. The molecule has 0 bridgehead atoms. The Morgan fingerprint density at radius 1 is 0.941 bits per heavy atom. The first-order chi connectivity index (χ1) is 15.6. The van der Waals surface area contributed by atoms with Crippen molar-refractivity contribution in [3.63, 3.8) is 0 Å². The Balaban J connectivity index is 2.35. The van der Waals surface area contributed by atoms with Crippen LogP contribution < -0.4 is 10.3 Å². The van der Waals surface area contributed by atoms with Gasteiger partial charge in [-0.1, -0.05) is 11.6 Å². The molecule has 3 aromatic rings. The van der Waals surface area contributed by atoms with Crippen LogP contribution in [0.3, 0.4) is 0 Å². The van der Waals surface area contributed by atoms with Gasteiger partial charge in [-0.3, -0.25) is 9.11 Å². The van der Waals surface area contributed by atoms with Gasteiger partial charge in [0.1, 0.15) is 21.2 Å². The molecule has 1 unspecified atom stereocenters. The van der Waals surface area contributed by atoms with Crippen LogP contribution in [0.2, 0.25) is 5.02 Å². The number of nitrogen functional groups attached to an aromatic ring is 1. The molecular formula is C16H12ClN3O11PS2+. The number of hydrogen-bond donors (Lipinski definition) is 6. The summed E-state index contributed by atoms with van der Waals surface area (Å²) >= 11 is 5.79. The Bertz CT molecular complexity index is 1610. The van der Waals surface area contributed by atoms with Gasteiger partial charge in [0.15, 0.2) is 11.5 Å². The van der Waals surface area contributed by atoms with Crippen molar-refractivity contribution in [1.82, 2.24) is 0 Å². The van der Waals surface area contributed by atoms with E-state index in [0.29, 0.717) is 12.1 Å². The molecule has 7 N–H and O–H groups in total. The second kappa shape index (κ2) is 8.92. The predicted octanol–water partition coefficient (Wildman–Crippen LogP) is 3.42. The van der Waals surface area contributed by atoms with Gasteiger partial charge < -0.3 is 15.9 Å². The summed E-state index contributed by atoms with van der Waals surface area (Å²) in [6.45, 7) is 0. The van der Waals surface area contributed by atoms with Crippen LogP contribution in [-0.4, -0.2) is 41.0 Å². The number of nitrogens with zero attached hydrogens (tertiary/aromatic N) is 2. The van der Waals surface area contributed by atoms with Crippen LogP contribution in [0.4, 0.5) is 17.1 Å². The lowest BCUT2D eigenvalue weighted by atomic mass is 10.1. The molecule has 0 saturated carbocycles. The predicted molar refractivity (Wildman–Crippen MR) is 117 cm³/mol. The second-order valence-corrected chi connectivity index (χ2v) is 10.3. The number of aromatic hydroxyl groups is 2. The minimum Gasteiger partial charge on any atom is -0.505 e. The molecule has 0 radical (unpaired) electrons. The summed E-state index contributed by atoms with van der Waals surface area (Å²) in [5.74, 6) is -2.49. The molecule has 0 saturated heterocycles. The van der Waals surface area contributed by atoms with Crippen molar-refractivity contribution < 1.29 is 50.1 Å². The number of halogens is 1. The van der Waals surface area contributed by atoms with Crippen LogP contribution in [0.15, 0.2) is 50.4 Å². The van der Waals surface area contributed by atoms with E-state index in [4.69, 9.17) is 22.2 Å². The smallest absolute Gasteiger partial charge is 0.505 e. The molecule has 0 heterocycles. The maximum absolute atomic E-state index is 11.9. The Hall–Kier alpha value is -3.11. The van der Waals surface area contributed by atoms with Gasteiger partial charge in [-0.05, 0) is 29.7 Å². The molecule has 14 nitrogen and oxygen atoms in total. The summed E-state index contributed by atoms with van der Waals surface area (Å²) in [5.41, 5.74) is 3.48. The van der Waals surface area contributed by atoms with Crippen molar-refractivity contribution in [3.05, 3.63) is 35.4 Å². The Kier molecular flexibility index (Phi) is 6.69. The first kappa shape index (κ1) is 25.5. The molecule has 3 rings (SSSR count). The molecule has 180 valence electrons. The highest BCUT2D eigenvalue weighted by Crippen LogP contribution is 2.48. The molecule has 0 aromatic heterocycles. The van der Waals surface area contributed by atoms with Crippen LogP contribution in [0.5, 0.6) is 17.2 Å². The second-order valence-electron chi connectivity index (χ2n) is 6.40. The number of hydrogen-bond acceptors (Lipinski definition) is 11. The van der Waals surface area contributed by atoms with Gasteiger partial charge in [-0.2, -0.15) is 16.8 Å². The van der Waals surface area contributed by atoms with Crippen LogP contribution in [0.1, 0.15) is 0 Å². The summed E-state index contributed by atoms with van der Waals surface area (Å²) in [4.78, 5) is 6.91. The van der Waals surface area contributed by atoms with E-state index in [1.165, 1.54) is 12.1 Å². The maximum atomic E-state index is 11.9. The van der Waals surface area contributed by atoms with Crippen LogP contribution in [0, 0.1) is 0 Å². The van der Waals surface area contributed by atoms with E-state index in [-0.39, 0.29) is 16.5 Å². The van der Waals surface area contributed by atoms with Gasteiger partial charge in [0.05, 0.1) is 11.1 Å². The van der Waals surface area contributed by atoms with E-state index in [0.717, 1.165) is 6.07 Å². The minimum absolute atomic E-state index is 0.0769. The standard InChI is InChI=1S/C16H11ClN3O11PS2/c17-7-1-2-8(9(5-7)31-32(23)24)19-20-14-11(34(28,29)30)4-6-3-10(33(25,26)27)13(18)15(21)12(6)16(14)22/h1-5H,(H6-,18,19,20,21,22,23,24,25,26,27,28,29,30)/p+1. The fraction of sp³-hybridized carbons (Fsp3) is 0. The molecule has 0 aliphatic rings. The normalized spacial score (nSPS) is 12.9. The third-order valence-corrected chi connectivity index (χ3v) is 6.57. The molecule has 0 fully saturated rings. The van der Waals surface area contributed by atoms with Crippen molar-refractivity contribution in [2.24, 2.45) is 10.2 Å². The van der Waals surface area contributed by atoms with Crippen molar-refractivity contribution in [2.75, 3.05) is 5.73 Å². The average Bonchev–Trinajstić information content (AvgIpc) is 2.68. The number of phenols is 2. The van der Waals surface area contributed by atoms with Crippen LogP contribution in [0.25, 0.3) is 10.8 Å². The van der Waals surface area contributed by atoms with Crippen LogP contribution in [-0.2, 0) is 24.8 Å². The molecular weight excluding hydrogens is 541 g/mol. The van der Waals surface area contributed by atoms with Gasteiger partial charge in [-0.15, -0.1) is 15.1 Å². The van der Waals surface area contributed by atoms with E-state index in [2.05, 4.69) is 14.8 Å². The molecule has 0 aliphatic heterocycles. The Morgan fingerprint density at radius 3 is 2.09 bits per heavy atom. The quantitative estimate of drug-likeness (QED) is 0.0845. The van der Waals surface area contributed by atoms with Crippen LogP contribution >= 0.6 is 19.9 Å². The van der Waals surface area contributed by atoms with Crippen molar-refractivity contribution in [3.8, 4) is 17.2 Å². The first-order valence-corrected chi connectivity index (χ1v) is 12.8. The highest BCUT2D eigenvalue weighted by Gasteiger charge is 2.28. The molecule has 18 heteroatoms. The van der Waals surface area contributed by atoms with Gasteiger partial charge in [0.25, 0.3) is 20.2 Å². The van der Waals surface area contributed by atoms with Gasteiger partial charge in [0.2, 0.25) is 5.75 Å². The number of azo groups is 1. The molecule has 0 spiro atoms. The average molecular weight is 553 g/mol. The third kappa shape index (κ3) is 5.02. The summed E-state index contributed by atoms with van der Waals surface area (Å²) in [6.07, 6.45) is 0. The number of rotatable bonds is 6. The number of nitrogens with two attached hydrogens (primary N) is 1.